The van der Waals surface area contributed by atoms with Crippen LogP contribution in [0.2, 0.25) is 0 Å². The number of rotatable bonds is 8. The molecule has 200 valence electrons. The number of benzene rings is 1. The zero-order valence-corrected chi connectivity index (χ0v) is 23.7. The number of hydrogen-bond acceptors (Lipinski definition) is 7. The summed E-state index contributed by atoms with van der Waals surface area (Å²) in [7, 11) is 4.02. The molecule has 0 radical (unpaired) electrons. The van der Waals surface area contributed by atoms with Gasteiger partial charge in [0.2, 0.25) is 11.9 Å². The van der Waals surface area contributed by atoms with Crippen molar-refractivity contribution < 1.29 is 9.59 Å². The number of hydrogen-bond donors (Lipinski definition) is 3. The molecule has 2 fully saturated rings. The molecule has 9 nitrogen and oxygen atoms in total. The molecular formula is C27H38BrN7O2. The lowest BCUT2D eigenvalue weighted by atomic mass is 10.0. The van der Waals surface area contributed by atoms with Gasteiger partial charge >= 0.3 is 0 Å². The van der Waals surface area contributed by atoms with Crippen LogP contribution in [0.5, 0.6) is 0 Å². The summed E-state index contributed by atoms with van der Waals surface area (Å²) in [5, 5.41) is 9.72. The first-order chi connectivity index (χ1) is 17.7. The molecule has 2 aromatic rings. The highest BCUT2D eigenvalue weighted by atomic mass is 79.9. The van der Waals surface area contributed by atoms with Crippen LogP contribution in [-0.4, -0.2) is 76.9 Å². The van der Waals surface area contributed by atoms with E-state index in [1.807, 2.05) is 50.1 Å². The van der Waals surface area contributed by atoms with Crippen LogP contribution in [0.4, 0.5) is 17.5 Å². The molecule has 2 atom stereocenters. The predicted molar refractivity (Wildman–Crippen MR) is 150 cm³/mol. The third-order valence-electron chi connectivity index (χ3n) is 7.29. The molecule has 0 bridgehead atoms. The molecule has 1 saturated heterocycles. The highest BCUT2D eigenvalue weighted by Crippen LogP contribution is 2.31. The second kappa shape index (κ2) is 12.2. The Kier molecular flexibility index (Phi) is 9.02. The van der Waals surface area contributed by atoms with Crippen LogP contribution in [0, 0.1) is 5.92 Å². The van der Waals surface area contributed by atoms with Crippen molar-refractivity contribution in [1.29, 1.82) is 0 Å². The summed E-state index contributed by atoms with van der Waals surface area (Å²) < 4.78 is 0.742. The second-order valence-electron chi connectivity index (χ2n) is 10.5. The second-order valence-corrected chi connectivity index (χ2v) is 11.3. The number of nitrogens with zero attached hydrogens (tertiary/aromatic N) is 4. The Bertz CT molecular complexity index is 1090. The number of halogens is 1. The first kappa shape index (κ1) is 27.3. The summed E-state index contributed by atoms with van der Waals surface area (Å²) in [6.07, 6.45) is 6.47. The van der Waals surface area contributed by atoms with Gasteiger partial charge in [0.05, 0.1) is 10.4 Å². The minimum atomic E-state index is -0.0848. The number of aromatic nitrogens is 2. The fourth-order valence-electron chi connectivity index (χ4n) is 5.12. The quantitative estimate of drug-likeness (QED) is 0.435. The molecule has 0 spiro atoms. The molecule has 2 aliphatic rings. The van der Waals surface area contributed by atoms with Crippen molar-refractivity contribution in [3.05, 3.63) is 40.5 Å². The first-order valence-corrected chi connectivity index (χ1v) is 13.9. The predicted octanol–water partition coefficient (Wildman–Crippen LogP) is 4.25. The molecule has 4 rings (SSSR count). The molecule has 1 aromatic heterocycles. The molecule has 3 N–H and O–H groups in total. The number of carbonyl (C=O) groups is 2. The summed E-state index contributed by atoms with van der Waals surface area (Å²) in [6, 6.07) is 7.83. The Morgan fingerprint density at radius 3 is 2.49 bits per heavy atom. The molecule has 1 aromatic carbocycles. The van der Waals surface area contributed by atoms with Crippen molar-refractivity contribution in [1.82, 2.24) is 25.1 Å². The van der Waals surface area contributed by atoms with E-state index in [0.29, 0.717) is 17.3 Å². The van der Waals surface area contributed by atoms with Gasteiger partial charge in [-0.05, 0) is 99.9 Å². The summed E-state index contributed by atoms with van der Waals surface area (Å²) in [6.45, 7) is 5.98. The third kappa shape index (κ3) is 6.98. The standard InChI is InChI=1S/C27H38BrN7O2/c1-17(2)30-25(36)21-6-5-7-23(21)32-24-22(28)16-29-27(33-24)31-19-10-8-18(9-11-19)26(37)35(4)20-12-14-34(3)15-13-20/h8-11,16-17,20-21,23H,5-7,12-15H2,1-4H3,(H,30,36)(H2,29,31,32,33). The van der Waals surface area contributed by atoms with Crippen LogP contribution in [0.1, 0.15) is 56.3 Å². The fourth-order valence-corrected chi connectivity index (χ4v) is 5.42. The fraction of sp³-hybridized carbons (Fsp3) is 0.556. The average Bonchev–Trinajstić information content (AvgIpc) is 3.34. The Morgan fingerprint density at radius 1 is 1.11 bits per heavy atom. The minimum Gasteiger partial charge on any atom is -0.365 e. The van der Waals surface area contributed by atoms with Gasteiger partial charge in [-0.1, -0.05) is 6.42 Å². The van der Waals surface area contributed by atoms with Gasteiger partial charge in [-0.15, -0.1) is 0 Å². The Hall–Kier alpha value is -2.72. The van der Waals surface area contributed by atoms with Crippen LogP contribution in [-0.2, 0) is 4.79 Å². The van der Waals surface area contributed by atoms with Crippen molar-refractivity contribution in [2.45, 2.75) is 64.1 Å². The van der Waals surface area contributed by atoms with Crippen molar-refractivity contribution >= 4 is 45.2 Å². The molecule has 1 aliphatic heterocycles. The van der Waals surface area contributed by atoms with E-state index in [2.05, 4.69) is 53.8 Å². The van der Waals surface area contributed by atoms with E-state index < -0.39 is 0 Å². The van der Waals surface area contributed by atoms with Crippen LogP contribution in [0.3, 0.4) is 0 Å². The zero-order valence-electron chi connectivity index (χ0n) is 22.1. The maximum Gasteiger partial charge on any atom is 0.253 e. The van der Waals surface area contributed by atoms with Gasteiger partial charge in [0.1, 0.15) is 5.82 Å². The number of piperidine rings is 1. The van der Waals surface area contributed by atoms with E-state index in [-0.39, 0.29) is 35.9 Å². The number of likely N-dealkylation sites (tertiary alicyclic amines) is 1. The lowest BCUT2D eigenvalue weighted by Gasteiger charge is -2.35. The molecule has 2 unspecified atom stereocenters. The van der Waals surface area contributed by atoms with Crippen molar-refractivity contribution in [2.24, 2.45) is 5.92 Å². The van der Waals surface area contributed by atoms with E-state index in [1.54, 1.807) is 6.20 Å². The lowest BCUT2D eigenvalue weighted by Crippen LogP contribution is -2.44. The highest BCUT2D eigenvalue weighted by molar-refractivity contribution is 9.10. The van der Waals surface area contributed by atoms with Gasteiger partial charge in [0.15, 0.2) is 0 Å². The van der Waals surface area contributed by atoms with Crippen molar-refractivity contribution in [3.63, 3.8) is 0 Å². The molecule has 2 amide bonds. The maximum absolute atomic E-state index is 13.0. The largest absolute Gasteiger partial charge is 0.365 e. The van der Waals surface area contributed by atoms with Gasteiger partial charge in [-0.25, -0.2) is 4.98 Å². The van der Waals surface area contributed by atoms with Crippen LogP contribution in [0.25, 0.3) is 0 Å². The van der Waals surface area contributed by atoms with Gasteiger partial charge < -0.3 is 25.8 Å². The molecule has 37 heavy (non-hydrogen) atoms. The van der Waals surface area contributed by atoms with Gasteiger partial charge in [-0.3, -0.25) is 9.59 Å². The molecule has 1 saturated carbocycles. The molecule has 10 heteroatoms. The topological polar surface area (TPSA) is 102 Å². The number of nitrogens with one attached hydrogen (secondary N) is 3. The average molecular weight is 573 g/mol. The molecule has 1 aliphatic carbocycles. The van der Waals surface area contributed by atoms with E-state index in [1.165, 1.54) is 0 Å². The van der Waals surface area contributed by atoms with Gasteiger partial charge in [0.25, 0.3) is 5.91 Å². The van der Waals surface area contributed by atoms with Crippen molar-refractivity contribution in [2.75, 3.05) is 37.8 Å². The SMILES string of the molecule is CC(C)NC(=O)C1CCCC1Nc1nc(Nc2ccc(C(=O)N(C)C3CCN(C)CC3)cc2)ncc1Br. The van der Waals surface area contributed by atoms with Crippen LogP contribution < -0.4 is 16.0 Å². The number of carbonyl (C=O) groups excluding carboxylic acids is 2. The monoisotopic (exact) mass is 571 g/mol. The number of anilines is 3. The van der Waals surface area contributed by atoms with Gasteiger partial charge in [-0.2, -0.15) is 4.98 Å². The van der Waals surface area contributed by atoms with Gasteiger partial charge in [0, 0.05) is 42.6 Å². The van der Waals surface area contributed by atoms with Crippen LogP contribution in [0.15, 0.2) is 34.9 Å². The Labute approximate surface area is 227 Å². The summed E-state index contributed by atoms with van der Waals surface area (Å²) in [5.74, 6) is 1.14. The summed E-state index contributed by atoms with van der Waals surface area (Å²) in [5.41, 5.74) is 1.46. The number of amides is 2. The summed E-state index contributed by atoms with van der Waals surface area (Å²) in [4.78, 5) is 38.8. The van der Waals surface area contributed by atoms with Crippen LogP contribution >= 0.6 is 15.9 Å². The minimum absolute atomic E-state index is 0.0182. The van der Waals surface area contributed by atoms with Crippen molar-refractivity contribution in [3.8, 4) is 0 Å². The van der Waals surface area contributed by atoms with E-state index in [4.69, 9.17) is 0 Å². The normalized spacial score (nSPS) is 20.6. The lowest BCUT2D eigenvalue weighted by molar-refractivity contribution is -0.125. The highest BCUT2D eigenvalue weighted by Gasteiger charge is 2.34. The first-order valence-electron chi connectivity index (χ1n) is 13.1. The Morgan fingerprint density at radius 2 is 1.81 bits per heavy atom. The smallest absolute Gasteiger partial charge is 0.253 e. The molecule has 2 heterocycles. The van der Waals surface area contributed by atoms with E-state index >= 15 is 0 Å². The Balaban J connectivity index is 1.39. The summed E-state index contributed by atoms with van der Waals surface area (Å²) >= 11 is 3.53. The molecular weight excluding hydrogens is 534 g/mol. The third-order valence-corrected chi connectivity index (χ3v) is 7.87. The zero-order chi connectivity index (χ0) is 26.5. The van der Waals surface area contributed by atoms with E-state index in [9.17, 15) is 9.59 Å². The van der Waals surface area contributed by atoms with E-state index in [0.717, 1.165) is 55.4 Å². The maximum atomic E-state index is 13.0.